The van der Waals surface area contributed by atoms with Gasteiger partial charge in [0.05, 0.1) is 6.20 Å². The summed E-state index contributed by atoms with van der Waals surface area (Å²) in [5, 5.41) is 12.2. The molecule has 3 N–H and O–H groups in total. The Balaban J connectivity index is 2.06. The van der Waals surface area contributed by atoms with Gasteiger partial charge in [0.25, 0.3) is 0 Å². The van der Waals surface area contributed by atoms with Crippen LogP contribution in [0.2, 0.25) is 0 Å². The van der Waals surface area contributed by atoms with E-state index < -0.39 is 5.41 Å². The van der Waals surface area contributed by atoms with Crippen LogP contribution in [-0.2, 0) is 15.0 Å². The maximum absolute atomic E-state index is 12.5. The Morgan fingerprint density at radius 3 is 2.84 bits per heavy atom. The largest absolute Gasteiger partial charge is 0.325 e. The Labute approximate surface area is 108 Å². The van der Waals surface area contributed by atoms with Crippen LogP contribution >= 0.6 is 0 Å². The molecule has 1 spiro atoms. The number of hydrogen-bond acceptors (Lipinski definition) is 3. The Hall–Kier alpha value is -2.63. The van der Waals surface area contributed by atoms with Crippen LogP contribution in [0, 0.1) is 0 Å². The van der Waals surface area contributed by atoms with E-state index in [1.165, 1.54) is 0 Å². The van der Waals surface area contributed by atoms with E-state index in [4.69, 9.17) is 0 Å². The number of anilines is 2. The molecule has 19 heavy (non-hydrogen) atoms. The van der Waals surface area contributed by atoms with Gasteiger partial charge in [0.15, 0.2) is 0 Å². The summed E-state index contributed by atoms with van der Waals surface area (Å²) >= 11 is 0. The first-order valence-corrected chi connectivity index (χ1v) is 5.96. The molecule has 0 fully saturated rings. The highest BCUT2D eigenvalue weighted by Gasteiger charge is 2.53. The molecule has 4 rings (SSSR count). The molecule has 0 saturated heterocycles. The molecule has 0 unspecified atom stereocenters. The minimum Gasteiger partial charge on any atom is -0.325 e. The Morgan fingerprint density at radius 2 is 1.95 bits per heavy atom. The summed E-state index contributed by atoms with van der Waals surface area (Å²) in [5.41, 5.74) is 1.35. The van der Waals surface area contributed by atoms with Crippen molar-refractivity contribution in [1.29, 1.82) is 0 Å². The molecule has 1 aromatic heterocycles. The van der Waals surface area contributed by atoms with E-state index in [0.717, 1.165) is 16.8 Å². The van der Waals surface area contributed by atoms with Crippen LogP contribution in [0.15, 0.2) is 30.5 Å². The molecule has 0 aliphatic carbocycles. The maximum atomic E-state index is 12.5. The predicted molar refractivity (Wildman–Crippen MR) is 67.7 cm³/mol. The molecular formula is C13H10N4O2. The quantitative estimate of drug-likeness (QED) is 0.655. The number of aromatic amines is 1. The number of benzene rings is 1. The number of H-pyrrole nitrogens is 1. The Morgan fingerprint density at radius 1 is 1.11 bits per heavy atom. The van der Waals surface area contributed by atoms with Gasteiger partial charge < -0.3 is 10.6 Å². The number of hydrogen-bond donors (Lipinski definition) is 3. The van der Waals surface area contributed by atoms with Crippen molar-refractivity contribution in [1.82, 2.24) is 10.2 Å². The highest BCUT2D eigenvalue weighted by atomic mass is 16.2. The number of fused-ring (bicyclic) bond motifs is 4. The molecule has 1 atom stereocenters. The highest BCUT2D eigenvalue weighted by Crippen LogP contribution is 2.48. The second-order valence-corrected chi connectivity index (χ2v) is 4.79. The first-order valence-electron chi connectivity index (χ1n) is 5.96. The zero-order valence-electron chi connectivity index (χ0n) is 9.86. The van der Waals surface area contributed by atoms with Crippen LogP contribution in [0.5, 0.6) is 0 Å². The smallest absolute Gasteiger partial charge is 0.240 e. The third kappa shape index (κ3) is 1.13. The first-order chi connectivity index (χ1) is 9.22. The number of aromatic nitrogens is 2. The topological polar surface area (TPSA) is 86.9 Å². The Bertz CT molecular complexity index is 721. The number of para-hydroxylation sites is 1. The second-order valence-electron chi connectivity index (χ2n) is 4.79. The molecule has 2 aliphatic rings. The molecule has 2 amide bonds. The van der Waals surface area contributed by atoms with Crippen molar-refractivity contribution in [3.05, 3.63) is 41.6 Å². The van der Waals surface area contributed by atoms with E-state index in [9.17, 15) is 9.59 Å². The molecule has 94 valence electrons. The summed E-state index contributed by atoms with van der Waals surface area (Å²) in [7, 11) is 0. The highest BCUT2D eigenvalue weighted by molar-refractivity contribution is 6.14. The third-order valence-corrected chi connectivity index (χ3v) is 3.81. The van der Waals surface area contributed by atoms with Crippen molar-refractivity contribution < 1.29 is 9.59 Å². The number of carbonyl (C=O) groups is 2. The van der Waals surface area contributed by atoms with Crippen molar-refractivity contribution >= 4 is 23.3 Å². The maximum Gasteiger partial charge on any atom is 0.240 e. The third-order valence-electron chi connectivity index (χ3n) is 3.81. The molecule has 0 radical (unpaired) electrons. The number of amides is 2. The number of nitrogens with one attached hydrogen (secondary N) is 3. The zero-order valence-corrected chi connectivity index (χ0v) is 9.86. The van der Waals surface area contributed by atoms with Crippen molar-refractivity contribution in [2.75, 3.05) is 10.6 Å². The van der Waals surface area contributed by atoms with Gasteiger partial charge in [-0.15, -0.1) is 0 Å². The van der Waals surface area contributed by atoms with Gasteiger partial charge in [-0.2, -0.15) is 5.10 Å². The fourth-order valence-electron chi connectivity index (χ4n) is 2.98. The zero-order chi connectivity index (χ0) is 13.0. The summed E-state index contributed by atoms with van der Waals surface area (Å²) in [6.07, 6.45) is 1.71. The summed E-state index contributed by atoms with van der Waals surface area (Å²) in [6.45, 7) is 0. The van der Waals surface area contributed by atoms with Gasteiger partial charge in [-0.25, -0.2) is 0 Å². The molecule has 2 aromatic rings. The Kier molecular flexibility index (Phi) is 1.75. The fraction of sp³-hybridized carbons (Fsp3) is 0.154. The van der Waals surface area contributed by atoms with Crippen LogP contribution in [0.3, 0.4) is 0 Å². The summed E-state index contributed by atoms with van der Waals surface area (Å²) < 4.78 is 0. The number of nitrogens with zero attached hydrogens (tertiary/aromatic N) is 1. The van der Waals surface area contributed by atoms with Gasteiger partial charge in [0.2, 0.25) is 11.8 Å². The fourth-order valence-corrected chi connectivity index (χ4v) is 2.98. The van der Waals surface area contributed by atoms with E-state index >= 15 is 0 Å². The van der Waals surface area contributed by atoms with Crippen LogP contribution in [0.1, 0.15) is 17.5 Å². The summed E-state index contributed by atoms with van der Waals surface area (Å²) in [6, 6.07) is 7.45. The molecule has 0 bridgehead atoms. The summed E-state index contributed by atoms with van der Waals surface area (Å²) in [4.78, 5) is 24.4. The molecule has 0 saturated carbocycles. The molecule has 2 aliphatic heterocycles. The van der Waals surface area contributed by atoms with Crippen LogP contribution in [0.25, 0.3) is 0 Å². The predicted octanol–water partition coefficient (Wildman–Crippen LogP) is 0.990. The number of rotatable bonds is 0. The second kappa shape index (κ2) is 3.23. The van der Waals surface area contributed by atoms with Crippen molar-refractivity contribution in [3.63, 3.8) is 0 Å². The monoisotopic (exact) mass is 254 g/mol. The molecule has 1 aromatic carbocycles. The lowest BCUT2D eigenvalue weighted by molar-refractivity contribution is -0.125. The van der Waals surface area contributed by atoms with Gasteiger partial charge in [-0.3, -0.25) is 14.7 Å². The van der Waals surface area contributed by atoms with E-state index in [-0.39, 0.29) is 18.2 Å². The van der Waals surface area contributed by atoms with Crippen molar-refractivity contribution in [2.24, 2.45) is 0 Å². The average Bonchev–Trinajstić information content (AvgIpc) is 2.95. The molecule has 6 heteroatoms. The lowest BCUT2D eigenvalue weighted by Gasteiger charge is -2.30. The minimum atomic E-state index is -0.957. The van der Waals surface area contributed by atoms with Gasteiger partial charge in [0, 0.05) is 17.7 Å². The minimum absolute atomic E-state index is 0.0996. The van der Waals surface area contributed by atoms with E-state index in [2.05, 4.69) is 20.8 Å². The SMILES string of the molecule is O=C1C[C@]2(C(=O)Nc3ccccc32)c2cn[nH]c2N1. The molecular weight excluding hydrogens is 244 g/mol. The standard InChI is InChI=1S/C13H10N4O2/c18-10-5-13(8-6-14-17-11(8)16-10)7-3-1-2-4-9(7)15-12(13)19/h1-4,6H,5H2,(H,15,19)(H2,14,16,17,18)/t13-/m1/s1. The number of carbonyl (C=O) groups excluding carboxylic acids is 2. The van der Waals surface area contributed by atoms with Crippen molar-refractivity contribution in [2.45, 2.75) is 11.8 Å². The van der Waals surface area contributed by atoms with Crippen LogP contribution in [0.4, 0.5) is 11.5 Å². The normalized spacial score (nSPS) is 23.8. The van der Waals surface area contributed by atoms with E-state index in [1.54, 1.807) is 6.20 Å². The van der Waals surface area contributed by atoms with E-state index in [1.807, 2.05) is 24.3 Å². The van der Waals surface area contributed by atoms with Gasteiger partial charge >= 0.3 is 0 Å². The van der Waals surface area contributed by atoms with Gasteiger partial charge in [-0.05, 0) is 11.6 Å². The van der Waals surface area contributed by atoms with E-state index in [0.29, 0.717) is 5.82 Å². The van der Waals surface area contributed by atoms with Crippen molar-refractivity contribution in [3.8, 4) is 0 Å². The van der Waals surface area contributed by atoms with Crippen LogP contribution in [-0.4, -0.2) is 22.0 Å². The summed E-state index contributed by atoms with van der Waals surface area (Å²) in [5.74, 6) is 0.137. The lowest BCUT2D eigenvalue weighted by atomic mass is 9.72. The average molecular weight is 254 g/mol. The van der Waals surface area contributed by atoms with Crippen LogP contribution < -0.4 is 10.6 Å². The first kappa shape index (κ1) is 10.3. The molecule has 6 nitrogen and oxygen atoms in total. The molecule has 3 heterocycles. The van der Waals surface area contributed by atoms with Gasteiger partial charge in [0.1, 0.15) is 11.2 Å². The van der Waals surface area contributed by atoms with Gasteiger partial charge in [-0.1, -0.05) is 18.2 Å². The lowest BCUT2D eigenvalue weighted by Crippen LogP contribution is -2.43.